The number of thioether (sulfide) groups is 1. The van der Waals surface area contributed by atoms with Crippen LogP contribution < -0.4 is 10.1 Å². The Kier molecular flexibility index (Phi) is 5.13. The smallest absolute Gasteiger partial charge is 0.263 e. The highest BCUT2D eigenvalue weighted by Crippen LogP contribution is 2.34. The van der Waals surface area contributed by atoms with Crippen molar-refractivity contribution in [1.29, 1.82) is 5.41 Å². The second kappa shape index (κ2) is 7.29. The molecule has 120 valence electrons. The van der Waals surface area contributed by atoms with Gasteiger partial charge in [0, 0.05) is 21.8 Å². The molecule has 0 unspecified atom stereocenters. The number of ether oxygens (including phenoxy) is 1. The minimum atomic E-state index is -0.212. The Morgan fingerprint density at radius 2 is 1.92 bits per heavy atom. The van der Waals surface area contributed by atoms with Crippen LogP contribution in [-0.4, -0.2) is 16.4 Å². The molecular formula is C17H11BrN2O2S2. The number of halogens is 1. The van der Waals surface area contributed by atoms with E-state index in [9.17, 15) is 4.79 Å². The van der Waals surface area contributed by atoms with E-state index in [0.717, 1.165) is 10.0 Å². The molecule has 4 nitrogen and oxygen atoms in total. The summed E-state index contributed by atoms with van der Waals surface area (Å²) >= 11 is 9.66. The van der Waals surface area contributed by atoms with Crippen molar-refractivity contribution >= 4 is 62.4 Å². The van der Waals surface area contributed by atoms with E-state index >= 15 is 0 Å². The fraction of sp³-hybridized carbons (Fsp3) is 0. The number of hydrogen-bond donors (Lipinski definition) is 2. The van der Waals surface area contributed by atoms with Crippen LogP contribution in [0.1, 0.15) is 11.1 Å². The molecule has 1 heterocycles. The number of para-hydroxylation sites is 1. The molecule has 0 radical (unpaired) electrons. The predicted octanol–water partition coefficient (Wildman–Crippen LogP) is 4.73. The molecule has 7 heteroatoms. The lowest BCUT2D eigenvalue weighted by molar-refractivity contribution is -0.115. The summed E-state index contributed by atoms with van der Waals surface area (Å²) in [4.78, 5) is 12.4. The fourth-order valence-corrected chi connectivity index (χ4v) is 3.51. The third kappa shape index (κ3) is 3.75. The highest BCUT2D eigenvalue weighted by Gasteiger charge is 2.22. The molecular weight excluding hydrogens is 408 g/mol. The standard InChI is InChI=1S/C17H11BrN2O2S2/c18-12-5-6-14(22-13-4-2-1-3-10(13)9-19)11(7-12)8-15-16(21)20-17(23)24-15/h1-9,19H,(H,20,21,23)/b15-8-,19-9?. The maximum Gasteiger partial charge on any atom is 0.263 e. The zero-order chi connectivity index (χ0) is 17.1. The molecule has 24 heavy (non-hydrogen) atoms. The summed E-state index contributed by atoms with van der Waals surface area (Å²) in [6.07, 6.45) is 2.98. The second-order valence-corrected chi connectivity index (χ2v) is 7.45. The quantitative estimate of drug-likeness (QED) is 0.428. The van der Waals surface area contributed by atoms with Gasteiger partial charge in [-0.3, -0.25) is 4.79 Å². The summed E-state index contributed by atoms with van der Waals surface area (Å²) < 4.78 is 7.28. The largest absolute Gasteiger partial charge is 0.456 e. The van der Waals surface area contributed by atoms with Crippen LogP contribution in [0.5, 0.6) is 11.5 Å². The summed E-state index contributed by atoms with van der Waals surface area (Å²) in [6, 6.07) is 12.8. The normalized spacial score (nSPS) is 15.5. The number of benzene rings is 2. The van der Waals surface area contributed by atoms with E-state index in [4.69, 9.17) is 22.4 Å². The van der Waals surface area contributed by atoms with Gasteiger partial charge in [0.15, 0.2) is 0 Å². The van der Waals surface area contributed by atoms with Crippen molar-refractivity contribution in [2.24, 2.45) is 0 Å². The molecule has 2 aromatic carbocycles. The van der Waals surface area contributed by atoms with E-state index in [1.807, 2.05) is 30.3 Å². The van der Waals surface area contributed by atoms with E-state index in [0.29, 0.717) is 26.3 Å². The van der Waals surface area contributed by atoms with E-state index in [2.05, 4.69) is 21.2 Å². The molecule has 0 bridgehead atoms. The Balaban J connectivity index is 2.00. The molecule has 2 aromatic rings. The first-order valence-corrected chi connectivity index (χ1v) is 8.90. The van der Waals surface area contributed by atoms with Crippen LogP contribution in [0.3, 0.4) is 0 Å². The molecule has 1 fully saturated rings. The molecule has 1 aliphatic rings. The molecule has 0 spiro atoms. The van der Waals surface area contributed by atoms with Gasteiger partial charge in [0.05, 0.1) is 4.91 Å². The predicted molar refractivity (Wildman–Crippen MR) is 105 cm³/mol. The topological polar surface area (TPSA) is 62.2 Å². The van der Waals surface area contributed by atoms with E-state index < -0.39 is 0 Å². The maximum absolute atomic E-state index is 11.9. The summed E-state index contributed by atoms with van der Waals surface area (Å²) in [6.45, 7) is 0. The van der Waals surface area contributed by atoms with E-state index in [1.165, 1.54) is 18.0 Å². The van der Waals surface area contributed by atoms with Gasteiger partial charge in [0.1, 0.15) is 15.8 Å². The molecule has 2 N–H and O–H groups in total. The Hall–Kier alpha value is -1.96. The Morgan fingerprint density at radius 1 is 1.17 bits per heavy atom. The van der Waals surface area contributed by atoms with Crippen LogP contribution in [0.4, 0.5) is 0 Å². The number of hydrogen-bond acceptors (Lipinski definition) is 5. The second-order valence-electron chi connectivity index (χ2n) is 4.82. The molecule has 0 aliphatic carbocycles. The number of rotatable bonds is 4. The third-order valence-corrected chi connectivity index (χ3v) is 4.85. The Labute approximate surface area is 156 Å². The Bertz CT molecular complexity index is 881. The van der Waals surface area contributed by atoms with E-state index in [-0.39, 0.29) is 5.91 Å². The van der Waals surface area contributed by atoms with Crippen LogP contribution in [0.15, 0.2) is 51.8 Å². The van der Waals surface area contributed by atoms with Crippen LogP contribution in [0.25, 0.3) is 6.08 Å². The lowest BCUT2D eigenvalue weighted by Gasteiger charge is -2.11. The van der Waals surface area contributed by atoms with Crippen molar-refractivity contribution in [3.05, 3.63) is 63.0 Å². The van der Waals surface area contributed by atoms with Crippen LogP contribution in [0, 0.1) is 5.41 Å². The first-order chi connectivity index (χ1) is 11.6. The third-order valence-electron chi connectivity index (χ3n) is 3.19. The summed E-state index contributed by atoms with van der Waals surface area (Å²) in [5, 5.41) is 10.1. The fourth-order valence-electron chi connectivity index (χ4n) is 2.10. The van der Waals surface area contributed by atoms with Crippen molar-refractivity contribution < 1.29 is 9.53 Å². The highest BCUT2D eigenvalue weighted by atomic mass is 79.9. The van der Waals surface area contributed by atoms with Gasteiger partial charge in [-0.15, -0.1) is 0 Å². The van der Waals surface area contributed by atoms with Gasteiger partial charge >= 0.3 is 0 Å². The van der Waals surface area contributed by atoms with Crippen molar-refractivity contribution in [3.63, 3.8) is 0 Å². The van der Waals surface area contributed by atoms with Gasteiger partial charge in [0.2, 0.25) is 0 Å². The average Bonchev–Trinajstić information content (AvgIpc) is 2.88. The lowest BCUT2D eigenvalue weighted by atomic mass is 10.1. The zero-order valence-corrected chi connectivity index (χ0v) is 15.4. The highest BCUT2D eigenvalue weighted by molar-refractivity contribution is 9.10. The van der Waals surface area contributed by atoms with Crippen LogP contribution >= 0.6 is 39.9 Å². The number of nitrogens with one attached hydrogen (secondary N) is 2. The maximum atomic E-state index is 11.9. The van der Waals surface area contributed by atoms with Gasteiger partial charge in [-0.2, -0.15) is 0 Å². The Morgan fingerprint density at radius 3 is 2.62 bits per heavy atom. The lowest BCUT2D eigenvalue weighted by Crippen LogP contribution is -2.17. The molecule has 1 amide bonds. The molecule has 0 aromatic heterocycles. The summed E-state index contributed by atoms with van der Waals surface area (Å²) in [5.74, 6) is 0.954. The van der Waals surface area contributed by atoms with Crippen LogP contribution in [-0.2, 0) is 4.79 Å². The monoisotopic (exact) mass is 418 g/mol. The first kappa shape index (κ1) is 16.9. The number of amides is 1. The van der Waals surface area contributed by atoms with Crippen molar-refractivity contribution in [3.8, 4) is 11.5 Å². The number of carbonyl (C=O) groups excluding carboxylic acids is 1. The molecule has 1 aliphatic heterocycles. The van der Waals surface area contributed by atoms with Gasteiger partial charge in [-0.05, 0) is 36.4 Å². The van der Waals surface area contributed by atoms with E-state index in [1.54, 1.807) is 18.2 Å². The zero-order valence-electron chi connectivity index (χ0n) is 12.2. The number of thiocarbonyl (C=S) groups is 1. The van der Waals surface area contributed by atoms with Crippen molar-refractivity contribution in [1.82, 2.24) is 5.32 Å². The minimum Gasteiger partial charge on any atom is -0.456 e. The molecule has 0 atom stereocenters. The molecule has 1 saturated heterocycles. The molecule has 3 rings (SSSR count). The molecule has 0 saturated carbocycles. The summed E-state index contributed by atoms with van der Waals surface area (Å²) in [7, 11) is 0. The van der Waals surface area contributed by atoms with Gasteiger partial charge in [-0.25, -0.2) is 0 Å². The first-order valence-electron chi connectivity index (χ1n) is 6.88. The van der Waals surface area contributed by atoms with Gasteiger partial charge < -0.3 is 15.5 Å². The average molecular weight is 419 g/mol. The number of carbonyl (C=O) groups is 1. The van der Waals surface area contributed by atoms with Gasteiger partial charge in [0.25, 0.3) is 5.91 Å². The van der Waals surface area contributed by atoms with Crippen LogP contribution in [0.2, 0.25) is 0 Å². The summed E-state index contributed by atoms with van der Waals surface area (Å²) in [5.41, 5.74) is 1.42. The minimum absolute atomic E-state index is 0.212. The van der Waals surface area contributed by atoms with Gasteiger partial charge in [-0.1, -0.05) is 52.0 Å². The van der Waals surface area contributed by atoms with Crippen molar-refractivity contribution in [2.45, 2.75) is 0 Å². The van der Waals surface area contributed by atoms with Crippen molar-refractivity contribution in [2.75, 3.05) is 0 Å². The SMILES string of the molecule is N=Cc1ccccc1Oc1ccc(Br)cc1/C=C1\SC(=S)NC1=O.